The smallest absolute Gasteiger partial charge is 0.138 e. The van der Waals surface area contributed by atoms with Crippen LogP contribution >= 0.6 is 59.4 Å². The lowest BCUT2D eigenvalue weighted by atomic mass is 10.2. The Morgan fingerprint density at radius 1 is 1.10 bits per heavy atom. The Bertz CT molecular complexity index is 634. The van der Waals surface area contributed by atoms with Crippen LogP contribution in [-0.2, 0) is 6.54 Å². The summed E-state index contributed by atoms with van der Waals surface area (Å²) in [4.78, 5) is 0. The Balaban J connectivity index is 2.20. The summed E-state index contributed by atoms with van der Waals surface area (Å²) in [5.74, 6) is 0.828. The first-order valence-electron chi connectivity index (χ1n) is 5.72. The fraction of sp³-hybridized carbons (Fsp3) is 0.143. The van der Waals surface area contributed by atoms with Gasteiger partial charge in [-0.3, -0.25) is 0 Å². The molecule has 0 amide bonds. The molecule has 0 fully saturated rings. The summed E-state index contributed by atoms with van der Waals surface area (Å²) in [7, 11) is 1.66. The predicted octanol–water partition coefficient (Wildman–Crippen LogP) is 6.25. The average molecular weight is 484 g/mol. The minimum Gasteiger partial charge on any atom is -0.495 e. The molecular formula is C14H11Br3ClNO. The first kappa shape index (κ1) is 16.1. The maximum Gasteiger partial charge on any atom is 0.138 e. The van der Waals surface area contributed by atoms with E-state index in [1.165, 1.54) is 0 Å². The number of hydrogen-bond donors (Lipinski definition) is 1. The zero-order valence-electron chi connectivity index (χ0n) is 10.5. The number of nitrogens with one attached hydrogen (secondary N) is 1. The molecule has 2 aromatic carbocycles. The topological polar surface area (TPSA) is 21.3 Å². The Kier molecular flexibility index (Phi) is 5.78. The van der Waals surface area contributed by atoms with Gasteiger partial charge in [0.15, 0.2) is 0 Å². The highest BCUT2D eigenvalue weighted by molar-refractivity contribution is 9.11. The van der Waals surface area contributed by atoms with E-state index in [9.17, 15) is 0 Å². The van der Waals surface area contributed by atoms with Gasteiger partial charge in [0, 0.05) is 26.7 Å². The van der Waals surface area contributed by atoms with Crippen LogP contribution in [0, 0.1) is 0 Å². The third-order valence-electron chi connectivity index (χ3n) is 2.69. The third kappa shape index (κ3) is 3.91. The highest BCUT2D eigenvalue weighted by Crippen LogP contribution is 2.33. The van der Waals surface area contributed by atoms with E-state index >= 15 is 0 Å². The Labute approximate surface area is 148 Å². The van der Waals surface area contributed by atoms with Crippen molar-refractivity contribution in [3.63, 3.8) is 0 Å². The second-order valence-electron chi connectivity index (χ2n) is 4.06. The van der Waals surface area contributed by atoms with Gasteiger partial charge in [-0.25, -0.2) is 0 Å². The monoisotopic (exact) mass is 481 g/mol. The predicted molar refractivity (Wildman–Crippen MR) is 94.9 cm³/mol. The van der Waals surface area contributed by atoms with Crippen molar-refractivity contribution in [3.05, 3.63) is 54.3 Å². The van der Waals surface area contributed by atoms with Crippen LogP contribution in [0.5, 0.6) is 5.75 Å². The molecule has 0 aliphatic heterocycles. The molecule has 0 aliphatic rings. The molecule has 106 valence electrons. The highest BCUT2D eigenvalue weighted by Gasteiger charge is 2.09. The van der Waals surface area contributed by atoms with Gasteiger partial charge in [-0.2, -0.15) is 0 Å². The van der Waals surface area contributed by atoms with Crippen LogP contribution in [0.1, 0.15) is 5.56 Å². The first-order valence-corrected chi connectivity index (χ1v) is 8.48. The molecule has 2 aromatic rings. The average Bonchev–Trinajstić information content (AvgIpc) is 2.39. The molecule has 1 N–H and O–H groups in total. The van der Waals surface area contributed by atoms with Crippen LogP contribution in [-0.4, -0.2) is 7.11 Å². The van der Waals surface area contributed by atoms with E-state index in [-0.39, 0.29) is 0 Å². The van der Waals surface area contributed by atoms with Crippen molar-refractivity contribution in [2.24, 2.45) is 0 Å². The molecule has 0 bridgehead atoms. The SMILES string of the molecule is COc1c(Br)cc(Br)cc1CNc1ccc(Cl)c(Br)c1. The van der Waals surface area contributed by atoms with Crippen LogP contribution < -0.4 is 10.1 Å². The normalized spacial score (nSPS) is 10.4. The maximum atomic E-state index is 5.98. The van der Waals surface area contributed by atoms with E-state index in [0.29, 0.717) is 11.6 Å². The van der Waals surface area contributed by atoms with E-state index in [0.717, 1.165) is 30.4 Å². The zero-order chi connectivity index (χ0) is 14.7. The summed E-state index contributed by atoms with van der Waals surface area (Å²) >= 11 is 16.4. The molecule has 0 saturated heterocycles. The van der Waals surface area contributed by atoms with E-state index in [4.69, 9.17) is 16.3 Å². The number of rotatable bonds is 4. The Morgan fingerprint density at radius 3 is 2.50 bits per heavy atom. The van der Waals surface area contributed by atoms with Crippen molar-refractivity contribution < 1.29 is 4.74 Å². The largest absolute Gasteiger partial charge is 0.495 e. The molecule has 0 aromatic heterocycles. The van der Waals surface area contributed by atoms with Gasteiger partial charge < -0.3 is 10.1 Å². The zero-order valence-corrected chi connectivity index (χ0v) is 16.0. The minimum absolute atomic E-state index is 0.648. The van der Waals surface area contributed by atoms with Gasteiger partial charge in [0.25, 0.3) is 0 Å². The van der Waals surface area contributed by atoms with Gasteiger partial charge >= 0.3 is 0 Å². The molecule has 0 spiro atoms. The molecule has 0 radical (unpaired) electrons. The summed E-state index contributed by atoms with van der Waals surface area (Å²) in [6.07, 6.45) is 0. The number of anilines is 1. The van der Waals surface area contributed by atoms with Gasteiger partial charge in [0.1, 0.15) is 5.75 Å². The van der Waals surface area contributed by atoms with E-state index < -0.39 is 0 Å². The second kappa shape index (κ2) is 7.16. The molecule has 0 heterocycles. The lowest BCUT2D eigenvalue weighted by molar-refractivity contribution is 0.407. The van der Waals surface area contributed by atoms with Gasteiger partial charge in [0.05, 0.1) is 16.6 Å². The third-order valence-corrected chi connectivity index (χ3v) is 4.95. The fourth-order valence-corrected chi connectivity index (χ4v) is 3.75. The fourth-order valence-electron chi connectivity index (χ4n) is 1.78. The summed E-state index contributed by atoms with van der Waals surface area (Å²) < 4.78 is 8.21. The summed E-state index contributed by atoms with van der Waals surface area (Å²) in [6, 6.07) is 9.72. The number of benzene rings is 2. The number of halogens is 4. The first-order chi connectivity index (χ1) is 9.51. The second-order valence-corrected chi connectivity index (χ2v) is 7.09. The van der Waals surface area contributed by atoms with Crippen molar-refractivity contribution in [1.82, 2.24) is 0 Å². The number of ether oxygens (including phenoxy) is 1. The lowest BCUT2D eigenvalue weighted by Crippen LogP contribution is -2.02. The van der Waals surface area contributed by atoms with E-state index in [1.54, 1.807) is 7.11 Å². The summed E-state index contributed by atoms with van der Waals surface area (Å²) in [5, 5.41) is 4.04. The lowest BCUT2D eigenvalue weighted by Gasteiger charge is -2.13. The molecule has 0 unspecified atom stereocenters. The van der Waals surface area contributed by atoms with Crippen molar-refractivity contribution >= 4 is 65.1 Å². The minimum atomic E-state index is 0.648. The molecule has 2 rings (SSSR count). The number of methoxy groups -OCH3 is 1. The Morgan fingerprint density at radius 2 is 1.85 bits per heavy atom. The van der Waals surface area contributed by atoms with Crippen LogP contribution in [0.2, 0.25) is 5.02 Å². The van der Waals surface area contributed by atoms with E-state index in [2.05, 4.69) is 53.1 Å². The molecule has 20 heavy (non-hydrogen) atoms. The Hall–Kier alpha value is -0.230. The summed E-state index contributed by atoms with van der Waals surface area (Å²) in [5.41, 5.74) is 2.04. The van der Waals surface area contributed by atoms with Crippen molar-refractivity contribution in [2.75, 3.05) is 12.4 Å². The highest BCUT2D eigenvalue weighted by atomic mass is 79.9. The molecule has 0 atom stereocenters. The molecular weight excluding hydrogens is 473 g/mol. The van der Waals surface area contributed by atoms with Crippen LogP contribution in [0.25, 0.3) is 0 Å². The van der Waals surface area contributed by atoms with E-state index in [1.807, 2.05) is 30.3 Å². The maximum absolute atomic E-state index is 5.98. The molecule has 2 nitrogen and oxygen atoms in total. The van der Waals surface area contributed by atoms with Crippen molar-refractivity contribution in [1.29, 1.82) is 0 Å². The van der Waals surface area contributed by atoms with Gasteiger partial charge in [-0.15, -0.1) is 0 Å². The molecule has 0 aliphatic carbocycles. The molecule has 0 saturated carbocycles. The standard InChI is InChI=1S/C14H11Br3ClNO/c1-20-14-8(4-9(15)5-12(14)17)7-19-10-2-3-13(18)11(16)6-10/h2-6,19H,7H2,1H3. The van der Waals surface area contributed by atoms with Gasteiger partial charge in [-0.05, 0) is 62.2 Å². The van der Waals surface area contributed by atoms with Crippen LogP contribution in [0.4, 0.5) is 5.69 Å². The molecule has 6 heteroatoms. The van der Waals surface area contributed by atoms with Crippen LogP contribution in [0.15, 0.2) is 43.7 Å². The number of hydrogen-bond acceptors (Lipinski definition) is 2. The quantitative estimate of drug-likeness (QED) is 0.554. The summed E-state index contributed by atoms with van der Waals surface area (Å²) in [6.45, 7) is 0.648. The van der Waals surface area contributed by atoms with Gasteiger partial charge in [0.2, 0.25) is 0 Å². The van der Waals surface area contributed by atoms with Crippen molar-refractivity contribution in [2.45, 2.75) is 6.54 Å². The van der Waals surface area contributed by atoms with Crippen LogP contribution in [0.3, 0.4) is 0 Å². The van der Waals surface area contributed by atoms with Crippen molar-refractivity contribution in [3.8, 4) is 5.75 Å². The van der Waals surface area contributed by atoms with Gasteiger partial charge in [-0.1, -0.05) is 27.5 Å².